The number of fused-ring (bicyclic) bond motifs is 1. The summed E-state index contributed by atoms with van der Waals surface area (Å²) < 4.78 is 11.4. The number of methoxy groups -OCH3 is 1. The van der Waals surface area contributed by atoms with Crippen LogP contribution in [0.4, 0.5) is 0 Å². The number of unbranched alkanes of at least 4 members (excludes halogenated alkanes) is 1. The number of hydrogen-bond donors (Lipinski definition) is 2. The minimum absolute atomic E-state index is 0.264. The van der Waals surface area contributed by atoms with Crippen molar-refractivity contribution in [2.45, 2.75) is 51.4 Å². The van der Waals surface area contributed by atoms with Gasteiger partial charge in [0, 0.05) is 12.7 Å². The van der Waals surface area contributed by atoms with Crippen LogP contribution in [0, 0.1) is 12.8 Å². The first kappa shape index (κ1) is 21.7. The number of nitrogens with two attached hydrogens (primary N) is 1. The maximum Gasteiger partial charge on any atom is 0.123 e. The fraction of sp³-hybridized carbons (Fsp3) is 0.520. The SMILES string of the molecule is COc1cc(C)cc(OC[C@@H]2CCc3cc([C@H](CN)CCCCO)ccc3C2)c1. The summed E-state index contributed by atoms with van der Waals surface area (Å²) >= 11 is 0. The molecule has 2 aromatic carbocycles. The lowest BCUT2D eigenvalue weighted by Gasteiger charge is -2.26. The summed E-state index contributed by atoms with van der Waals surface area (Å²) in [6, 6.07) is 13.0. The molecule has 2 atom stereocenters. The second kappa shape index (κ2) is 10.7. The molecule has 3 rings (SSSR count). The van der Waals surface area contributed by atoms with Crippen molar-refractivity contribution < 1.29 is 14.6 Å². The van der Waals surface area contributed by atoms with Gasteiger partial charge < -0.3 is 20.3 Å². The minimum Gasteiger partial charge on any atom is -0.497 e. The monoisotopic (exact) mass is 397 g/mol. The van der Waals surface area contributed by atoms with E-state index >= 15 is 0 Å². The van der Waals surface area contributed by atoms with E-state index in [1.54, 1.807) is 7.11 Å². The summed E-state index contributed by atoms with van der Waals surface area (Å²) in [7, 11) is 1.69. The van der Waals surface area contributed by atoms with Gasteiger partial charge in [-0.05, 0) is 91.8 Å². The first-order valence-electron chi connectivity index (χ1n) is 10.8. The van der Waals surface area contributed by atoms with Crippen LogP contribution in [-0.4, -0.2) is 32.0 Å². The molecular weight excluding hydrogens is 362 g/mol. The highest BCUT2D eigenvalue weighted by Crippen LogP contribution is 2.31. The van der Waals surface area contributed by atoms with Gasteiger partial charge >= 0.3 is 0 Å². The number of ether oxygens (including phenoxy) is 2. The molecule has 0 radical (unpaired) electrons. The normalized spacial score (nSPS) is 16.9. The van der Waals surface area contributed by atoms with Crippen molar-refractivity contribution in [2.75, 3.05) is 26.9 Å². The third-order valence-electron chi connectivity index (χ3n) is 6.02. The van der Waals surface area contributed by atoms with Crippen LogP contribution >= 0.6 is 0 Å². The second-order valence-electron chi connectivity index (χ2n) is 8.29. The van der Waals surface area contributed by atoms with Crippen molar-refractivity contribution >= 4 is 0 Å². The van der Waals surface area contributed by atoms with E-state index in [1.165, 1.54) is 16.7 Å². The molecule has 0 heterocycles. The molecule has 1 aliphatic rings. The molecule has 0 saturated carbocycles. The van der Waals surface area contributed by atoms with Gasteiger partial charge in [0.15, 0.2) is 0 Å². The Bertz CT molecular complexity index is 790. The number of aliphatic hydroxyl groups is 1. The summed E-state index contributed by atoms with van der Waals surface area (Å²) in [5.41, 5.74) is 11.4. The number of hydrogen-bond acceptors (Lipinski definition) is 4. The lowest BCUT2D eigenvalue weighted by molar-refractivity contribution is 0.233. The number of rotatable bonds is 10. The highest BCUT2D eigenvalue weighted by Gasteiger charge is 2.21. The average Bonchev–Trinajstić information content (AvgIpc) is 2.74. The third-order valence-corrected chi connectivity index (χ3v) is 6.02. The van der Waals surface area contributed by atoms with E-state index in [2.05, 4.69) is 31.2 Å². The smallest absolute Gasteiger partial charge is 0.123 e. The Hall–Kier alpha value is -2.04. The van der Waals surface area contributed by atoms with Crippen LogP contribution in [0.15, 0.2) is 36.4 Å². The van der Waals surface area contributed by atoms with Crippen molar-refractivity contribution in [2.24, 2.45) is 11.7 Å². The molecule has 0 aliphatic heterocycles. The Morgan fingerprint density at radius 2 is 1.93 bits per heavy atom. The summed E-state index contributed by atoms with van der Waals surface area (Å²) in [5, 5.41) is 9.01. The zero-order valence-corrected chi connectivity index (χ0v) is 17.8. The van der Waals surface area contributed by atoms with E-state index in [9.17, 15) is 0 Å². The van der Waals surface area contributed by atoms with Gasteiger partial charge in [0.2, 0.25) is 0 Å². The van der Waals surface area contributed by atoms with Gasteiger partial charge in [-0.3, -0.25) is 0 Å². The molecule has 2 aromatic rings. The molecule has 0 saturated heterocycles. The van der Waals surface area contributed by atoms with Gasteiger partial charge in [-0.25, -0.2) is 0 Å². The standard InChI is InChI=1S/C25H35NO3/c1-18-11-24(28-2)15-25(12-18)29-17-19-6-7-21-14-22(9-8-20(21)13-19)23(16-26)5-3-4-10-27/h8-9,11-12,14-15,19,23,27H,3-7,10,13,16-17,26H2,1-2H3/t19-,23+/m1/s1. The Morgan fingerprint density at radius 1 is 1.10 bits per heavy atom. The molecule has 0 unspecified atom stereocenters. The van der Waals surface area contributed by atoms with Crippen LogP contribution < -0.4 is 15.2 Å². The number of benzene rings is 2. The zero-order valence-electron chi connectivity index (χ0n) is 17.8. The molecular formula is C25H35NO3. The van der Waals surface area contributed by atoms with Crippen molar-refractivity contribution in [3.8, 4) is 11.5 Å². The van der Waals surface area contributed by atoms with Crippen LogP contribution in [0.1, 0.15) is 53.9 Å². The fourth-order valence-electron chi connectivity index (χ4n) is 4.30. The Kier molecular flexibility index (Phi) is 7.96. The molecule has 158 valence electrons. The maximum absolute atomic E-state index is 9.01. The van der Waals surface area contributed by atoms with E-state index in [0.29, 0.717) is 18.4 Å². The van der Waals surface area contributed by atoms with Crippen molar-refractivity contribution in [1.29, 1.82) is 0 Å². The first-order chi connectivity index (χ1) is 14.1. The molecule has 0 bridgehead atoms. The van der Waals surface area contributed by atoms with Crippen LogP contribution in [-0.2, 0) is 12.8 Å². The lowest BCUT2D eigenvalue weighted by Crippen LogP contribution is -2.21. The van der Waals surface area contributed by atoms with Gasteiger partial charge in [0.1, 0.15) is 11.5 Å². The van der Waals surface area contributed by atoms with Gasteiger partial charge in [-0.15, -0.1) is 0 Å². The van der Waals surface area contributed by atoms with Gasteiger partial charge in [0.25, 0.3) is 0 Å². The molecule has 3 N–H and O–H groups in total. The van der Waals surface area contributed by atoms with Crippen molar-refractivity contribution in [3.63, 3.8) is 0 Å². The lowest BCUT2D eigenvalue weighted by atomic mass is 9.81. The summed E-state index contributed by atoms with van der Waals surface area (Å²) in [6.45, 7) is 3.73. The summed E-state index contributed by atoms with van der Waals surface area (Å²) in [5.74, 6) is 2.66. The molecule has 0 fully saturated rings. The molecule has 4 nitrogen and oxygen atoms in total. The zero-order chi connectivity index (χ0) is 20.6. The van der Waals surface area contributed by atoms with Crippen LogP contribution in [0.5, 0.6) is 11.5 Å². The first-order valence-corrected chi connectivity index (χ1v) is 10.8. The van der Waals surface area contributed by atoms with E-state index < -0.39 is 0 Å². The van der Waals surface area contributed by atoms with E-state index in [4.69, 9.17) is 20.3 Å². The highest BCUT2D eigenvalue weighted by molar-refractivity contribution is 5.38. The quantitative estimate of drug-likeness (QED) is 0.584. The Balaban J connectivity index is 1.59. The summed E-state index contributed by atoms with van der Waals surface area (Å²) in [4.78, 5) is 0. The van der Waals surface area contributed by atoms with Crippen LogP contribution in [0.25, 0.3) is 0 Å². The molecule has 0 amide bonds. The second-order valence-corrected chi connectivity index (χ2v) is 8.29. The molecule has 0 spiro atoms. The maximum atomic E-state index is 9.01. The molecule has 1 aliphatic carbocycles. The van der Waals surface area contributed by atoms with E-state index in [1.807, 2.05) is 12.1 Å². The van der Waals surface area contributed by atoms with Gasteiger partial charge in [-0.2, -0.15) is 0 Å². The van der Waals surface area contributed by atoms with Crippen LogP contribution in [0.3, 0.4) is 0 Å². The van der Waals surface area contributed by atoms with Crippen molar-refractivity contribution in [1.82, 2.24) is 0 Å². The molecule has 0 aromatic heterocycles. The van der Waals surface area contributed by atoms with Gasteiger partial charge in [-0.1, -0.05) is 24.6 Å². The van der Waals surface area contributed by atoms with E-state index in [-0.39, 0.29) is 6.61 Å². The predicted octanol–water partition coefficient (Wildman–Crippen LogP) is 4.39. The number of aryl methyl sites for hydroxylation is 2. The summed E-state index contributed by atoms with van der Waals surface area (Å²) in [6.07, 6.45) is 6.25. The predicted molar refractivity (Wildman–Crippen MR) is 118 cm³/mol. The highest BCUT2D eigenvalue weighted by atomic mass is 16.5. The Labute approximate surface area is 175 Å². The average molecular weight is 398 g/mol. The topological polar surface area (TPSA) is 64.7 Å². The Morgan fingerprint density at radius 3 is 2.69 bits per heavy atom. The fourth-order valence-corrected chi connectivity index (χ4v) is 4.30. The van der Waals surface area contributed by atoms with Crippen molar-refractivity contribution in [3.05, 3.63) is 58.7 Å². The van der Waals surface area contributed by atoms with Gasteiger partial charge in [0.05, 0.1) is 13.7 Å². The number of aliphatic hydroxyl groups excluding tert-OH is 1. The largest absolute Gasteiger partial charge is 0.497 e. The third kappa shape index (κ3) is 5.97. The minimum atomic E-state index is 0.264. The van der Waals surface area contributed by atoms with Crippen LogP contribution in [0.2, 0.25) is 0 Å². The van der Waals surface area contributed by atoms with E-state index in [0.717, 1.165) is 62.2 Å². The molecule has 29 heavy (non-hydrogen) atoms. The molecule has 4 heteroatoms.